The van der Waals surface area contributed by atoms with Crippen LogP contribution < -0.4 is 14.8 Å². The lowest BCUT2D eigenvalue weighted by Crippen LogP contribution is -2.37. The van der Waals surface area contributed by atoms with Gasteiger partial charge in [0, 0.05) is 30.4 Å². The highest BCUT2D eigenvalue weighted by molar-refractivity contribution is 7.89. The van der Waals surface area contributed by atoms with Crippen LogP contribution in [0.5, 0.6) is 11.5 Å². The fourth-order valence-electron chi connectivity index (χ4n) is 3.48. The molecule has 2 heterocycles. The summed E-state index contributed by atoms with van der Waals surface area (Å²) in [6.07, 6.45) is 1.74. The molecule has 1 amide bonds. The number of carbonyl (C=O) groups is 1. The van der Waals surface area contributed by atoms with Crippen LogP contribution >= 0.6 is 0 Å². The van der Waals surface area contributed by atoms with Gasteiger partial charge in [-0.2, -0.15) is 4.31 Å². The van der Waals surface area contributed by atoms with Crippen molar-refractivity contribution >= 4 is 21.6 Å². The molecule has 1 N–H and O–H groups in total. The number of amides is 1. The lowest BCUT2D eigenvalue weighted by molar-refractivity contribution is 0.102. The molecule has 0 aromatic heterocycles. The largest absolute Gasteiger partial charge is 0.486 e. The SMILES string of the molecule is CC1CCN(S(=O)(=O)c2ccc(C(=O)Nc3ccc4c(c3)OCCO4)cc2)CC1. The van der Waals surface area contributed by atoms with Crippen molar-refractivity contribution in [2.45, 2.75) is 24.7 Å². The van der Waals surface area contributed by atoms with Crippen LogP contribution in [-0.2, 0) is 10.0 Å². The van der Waals surface area contributed by atoms with E-state index >= 15 is 0 Å². The number of carbonyl (C=O) groups excluding carboxylic acids is 1. The van der Waals surface area contributed by atoms with Crippen LogP contribution in [0.3, 0.4) is 0 Å². The summed E-state index contributed by atoms with van der Waals surface area (Å²) < 4.78 is 38.1. The summed E-state index contributed by atoms with van der Waals surface area (Å²) in [7, 11) is -3.53. The second kappa shape index (κ2) is 8.04. The number of nitrogens with one attached hydrogen (secondary N) is 1. The van der Waals surface area contributed by atoms with Crippen molar-refractivity contribution in [2.75, 3.05) is 31.6 Å². The predicted octanol–water partition coefficient (Wildman–Crippen LogP) is 3.13. The van der Waals surface area contributed by atoms with Gasteiger partial charge in [-0.3, -0.25) is 4.79 Å². The minimum Gasteiger partial charge on any atom is -0.486 e. The fraction of sp³-hybridized carbons (Fsp3) is 0.381. The number of anilines is 1. The number of rotatable bonds is 4. The van der Waals surface area contributed by atoms with E-state index < -0.39 is 10.0 Å². The number of piperidine rings is 1. The first-order valence-corrected chi connectivity index (χ1v) is 11.2. The van der Waals surface area contributed by atoms with Gasteiger partial charge in [-0.15, -0.1) is 0 Å². The maximum atomic E-state index is 12.8. The third kappa shape index (κ3) is 4.23. The fourth-order valence-corrected chi connectivity index (χ4v) is 4.95. The maximum absolute atomic E-state index is 12.8. The average Bonchev–Trinajstić information content (AvgIpc) is 2.74. The molecule has 0 unspecified atom stereocenters. The maximum Gasteiger partial charge on any atom is 0.255 e. The molecule has 2 aliphatic rings. The Balaban J connectivity index is 1.45. The van der Waals surface area contributed by atoms with Gasteiger partial charge < -0.3 is 14.8 Å². The summed E-state index contributed by atoms with van der Waals surface area (Å²) in [6, 6.07) is 11.3. The van der Waals surface area contributed by atoms with Crippen molar-refractivity contribution in [1.29, 1.82) is 0 Å². The molecule has 2 aliphatic heterocycles. The van der Waals surface area contributed by atoms with E-state index in [0.29, 0.717) is 55.0 Å². The Kier molecular flexibility index (Phi) is 5.47. The minimum absolute atomic E-state index is 0.211. The Morgan fingerprint density at radius 2 is 1.66 bits per heavy atom. The minimum atomic E-state index is -3.53. The monoisotopic (exact) mass is 416 g/mol. The third-order valence-electron chi connectivity index (χ3n) is 5.30. The summed E-state index contributed by atoms with van der Waals surface area (Å²) in [5.74, 6) is 1.47. The highest BCUT2D eigenvalue weighted by atomic mass is 32.2. The molecular weight excluding hydrogens is 392 g/mol. The van der Waals surface area contributed by atoms with Crippen molar-refractivity contribution in [2.24, 2.45) is 5.92 Å². The third-order valence-corrected chi connectivity index (χ3v) is 7.21. The van der Waals surface area contributed by atoms with Crippen LogP contribution in [0.2, 0.25) is 0 Å². The second-order valence-electron chi connectivity index (χ2n) is 7.42. The quantitative estimate of drug-likeness (QED) is 0.828. The summed E-state index contributed by atoms with van der Waals surface area (Å²) in [6.45, 7) is 4.19. The highest BCUT2D eigenvalue weighted by Crippen LogP contribution is 2.32. The van der Waals surface area contributed by atoms with Crippen LogP contribution in [0.1, 0.15) is 30.1 Å². The summed E-state index contributed by atoms with van der Waals surface area (Å²) in [4.78, 5) is 12.7. The molecule has 0 radical (unpaired) electrons. The topological polar surface area (TPSA) is 84.9 Å². The van der Waals surface area contributed by atoms with Crippen LogP contribution in [0.4, 0.5) is 5.69 Å². The molecule has 7 nitrogen and oxygen atoms in total. The van der Waals surface area contributed by atoms with Gasteiger partial charge in [0.25, 0.3) is 5.91 Å². The van der Waals surface area contributed by atoms with Crippen molar-refractivity contribution < 1.29 is 22.7 Å². The van der Waals surface area contributed by atoms with E-state index in [9.17, 15) is 13.2 Å². The smallest absolute Gasteiger partial charge is 0.255 e. The lowest BCUT2D eigenvalue weighted by atomic mass is 10.0. The van der Waals surface area contributed by atoms with E-state index in [2.05, 4.69) is 12.2 Å². The molecular formula is C21H24N2O5S. The van der Waals surface area contributed by atoms with E-state index in [0.717, 1.165) is 12.8 Å². The molecule has 1 saturated heterocycles. The van der Waals surface area contributed by atoms with Crippen LogP contribution in [0, 0.1) is 5.92 Å². The first kappa shape index (κ1) is 19.7. The summed E-state index contributed by atoms with van der Waals surface area (Å²) in [5, 5.41) is 2.80. The van der Waals surface area contributed by atoms with E-state index in [1.54, 1.807) is 18.2 Å². The predicted molar refractivity (Wildman–Crippen MR) is 109 cm³/mol. The van der Waals surface area contributed by atoms with Crippen molar-refractivity contribution in [3.8, 4) is 11.5 Å². The summed E-state index contributed by atoms with van der Waals surface area (Å²) in [5.41, 5.74) is 0.962. The molecule has 29 heavy (non-hydrogen) atoms. The molecule has 4 rings (SSSR count). The molecule has 0 spiro atoms. The molecule has 0 atom stereocenters. The normalized spacial score (nSPS) is 17.7. The molecule has 154 valence electrons. The van der Waals surface area contributed by atoms with Crippen molar-refractivity contribution in [3.63, 3.8) is 0 Å². The lowest BCUT2D eigenvalue weighted by Gasteiger charge is -2.29. The standard InChI is InChI=1S/C21H24N2O5S/c1-15-8-10-23(11-9-15)29(25,26)18-5-2-16(3-6-18)21(24)22-17-4-7-19-20(14-17)28-13-12-27-19/h2-7,14-15H,8-13H2,1H3,(H,22,24). The number of hydrogen-bond acceptors (Lipinski definition) is 5. The van der Waals surface area contributed by atoms with E-state index in [1.165, 1.54) is 28.6 Å². The first-order valence-electron chi connectivity index (χ1n) is 9.75. The van der Waals surface area contributed by atoms with Crippen LogP contribution in [0.25, 0.3) is 0 Å². The van der Waals surface area contributed by atoms with Gasteiger partial charge in [0.2, 0.25) is 10.0 Å². The molecule has 0 saturated carbocycles. The Morgan fingerprint density at radius 1 is 1.00 bits per heavy atom. The molecule has 0 aliphatic carbocycles. The summed E-state index contributed by atoms with van der Waals surface area (Å²) >= 11 is 0. The number of fused-ring (bicyclic) bond motifs is 1. The average molecular weight is 416 g/mol. The van der Waals surface area contributed by atoms with Gasteiger partial charge in [-0.1, -0.05) is 6.92 Å². The van der Waals surface area contributed by atoms with E-state index in [1.807, 2.05) is 0 Å². The van der Waals surface area contributed by atoms with E-state index in [-0.39, 0.29) is 10.8 Å². The van der Waals surface area contributed by atoms with Gasteiger partial charge >= 0.3 is 0 Å². The zero-order valence-electron chi connectivity index (χ0n) is 16.3. The molecule has 2 aromatic carbocycles. The number of nitrogens with zero attached hydrogens (tertiary/aromatic N) is 1. The van der Waals surface area contributed by atoms with Crippen molar-refractivity contribution in [3.05, 3.63) is 48.0 Å². The molecule has 0 bridgehead atoms. The van der Waals surface area contributed by atoms with E-state index in [4.69, 9.17) is 9.47 Å². The van der Waals surface area contributed by atoms with Crippen LogP contribution in [0.15, 0.2) is 47.4 Å². The second-order valence-corrected chi connectivity index (χ2v) is 9.36. The van der Waals surface area contributed by atoms with Gasteiger partial charge in [-0.25, -0.2) is 8.42 Å². The zero-order valence-corrected chi connectivity index (χ0v) is 17.1. The number of sulfonamides is 1. The Bertz CT molecular complexity index is 996. The van der Waals surface area contributed by atoms with Gasteiger partial charge in [0.1, 0.15) is 13.2 Å². The number of hydrogen-bond donors (Lipinski definition) is 1. The molecule has 8 heteroatoms. The van der Waals surface area contributed by atoms with Gasteiger partial charge in [0.05, 0.1) is 4.90 Å². The number of benzene rings is 2. The van der Waals surface area contributed by atoms with Gasteiger partial charge in [0.15, 0.2) is 11.5 Å². The Hall–Kier alpha value is -2.58. The zero-order chi connectivity index (χ0) is 20.4. The van der Waals surface area contributed by atoms with Crippen molar-refractivity contribution in [1.82, 2.24) is 4.31 Å². The molecule has 2 aromatic rings. The Labute approximate surface area is 170 Å². The first-order chi connectivity index (χ1) is 13.9. The Morgan fingerprint density at radius 3 is 2.34 bits per heavy atom. The highest BCUT2D eigenvalue weighted by Gasteiger charge is 2.28. The number of ether oxygens (including phenoxy) is 2. The molecule has 1 fully saturated rings. The van der Waals surface area contributed by atoms with Crippen LogP contribution in [-0.4, -0.2) is 44.9 Å². The van der Waals surface area contributed by atoms with Gasteiger partial charge in [-0.05, 0) is 55.2 Å².